The minimum Gasteiger partial charge on any atom is -0.494 e. The molecule has 0 radical (unpaired) electrons. The molecule has 0 aliphatic rings. The molecule has 0 bridgehead atoms. The zero-order valence-corrected chi connectivity index (χ0v) is 18.1. The third kappa shape index (κ3) is 4.92. The predicted molar refractivity (Wildman–Crippen MR) is 121 cm³/mol. The summed E-state index contributed by atoms with van der Waals surface area (Å²) in [6.07, 6.45) is 1.44. The van der Waals surface area contributed by atoms with Crippen molar-refractivity contribution in [3.8, 4) is 23.2 Å². The number of nitrogens with zero attached hydrogens (tertiary/aromatic N) is 4. The van der Waals surface area contributed by atoms with Gasteiger partial charge in [0, 0.05) is 23.0 Å². The Bertz CT molecular complexity index is 1220. The van der Waals surface area contributed by atoms with E-state index in [0.717, 1.165) is 17.1 Å². The molecule has 0 aliphatic heterocycles. The van der Waals surface area contributed by atoms with Crippen molar-refractivity contribution in [2.45, 2.75) is 20.8 Å². The molecule has 8 heteroatoms. The second-order valence-electron chi connectivity index (χ2n) is 7.09. The van der Waals surface area contributed by atoms with E-state index in [0.29, 0.717) is 35.3 Å². The van der Waals surface area contributed by atoms with Gasteiger partial charge < -0.3 is 14.8 Å². The summed E-state index contributed by atoms with van der Waals surface area (Å²) in [5.74, 6) is 2.14. The average molecular weight is 429 g/mol. The lowest BCUT2D eigenvalue weighted by atomic mass is 10.2. The van der Waals surface area contributed by atoms with Gasteiger partial charge in [-0.2, -0.15) is 5.10 Å². The lowest BCUT2D eigenvalue weighted by Gasteiger charge is -2.09. The first kappa shape index (κ1) is 21.0. The molecule has 4 rings (SSSR count). The molecule has 162 valence electrons. The quantitative estimate of drug-likeness (QED) is 0.457. The van der Waals surface area contributed by atoms with Gasteiger partial charge in [0.25, 0.3) is 5.91 Å². The first-order valence-electron chi connectivity index (χ1n) is 10.2. The van der Waals surface area contributed by atoms with Crippen molar-refractivity contribution in [3.05, 3.63) is 83.9 Å². The minimum atomic E-state index is -0.202. The fourth-order valence-corrected chi connectivity index (χ4v) is 3.16. The average Bonchev–Trinajstić information content (AvgIpc) is 3.14. The number of carbonyl (C=O) groups excluding carboxylic acids is 1. The van der Waals surface area contributed by atoms with Crippen molar-refractivity contribution < 1.29 is 14.3 Å². The Labute approximate surface area is 185 Å². The van der Waals surface area contributed by atoms with Gasteiger partial charge in [-0.1, -0.05) is 0 Å². The fraction of sp³-hybridized carbons (Fsp3) is 0.167. The molecule has 0 saturated heterocycles. The number of amides is 1. The van der Waals surface area contributed by atoms with Gasteiger partial charge in [-0.05, 0) is 75.4 Å². The summed E-state index contributed by atoms with van der Waals surface area (Å²) < 4.78 is 13.0. The molecule has 0 fully saturated rings. The Hall–Kier alpha value is -4.20. The summed E-state index contributed by atoms with van der Waals surface area (Å²) in [7, 11) is 0. The molecule has 1 amide bonds. The highest BCUT2D eigenvalue weighted by molar-refractivity contribution is 6.04. The molecule has 0 spiro atoms. The normalized spacial score (nSPS) is 10.6. The van der Waals surface area contributed by atoms with Gasteiger partial charge in [0.15, 0.2) is 5.82 Å². The van der Waals surface area contributed by atoms with Gasteiger partial charge in [0.1, 0.15) is 17.8 Å². The van der Waals surface area contributed by atoms with Crippen molar-refractivity contribution in [1.29, 1.82) is 0 Å². The molecule has 2 aromatic carbocycles. The number of benzene rings is 2. The fourth-order valence-electron chi connectivity index (χ4n) is 3.16. The SMILES string of the molecule is CCOc1ccc(C(=O)Nc2ccc(Oc3cc(-n4nc(C)cc4C)ncn3)cc2)cc1. The van der Waals surface area contributed by atoms with Crippen LogP contribution in [0.2, 0.25) is 0 Å². The maximum atomic E-state index is 12.5. The number of hydrogen-bond acceptors (Lipinski definition) is 6. The van der Waals surface area contributed by atoms with Gasteiger partial charge in [-0.3, -0.25) is 4.79 Å². The summed E-state index contributed by atoms with van der Waals surface area (Å²) in [5, 5.41) is 7.30. The smallest absolute Gasteiger partial charge is 0.255 e. The summed E-state index contributed by atoms with van der Waals surface area (Å²) >= 11 is 0. The predicted octanol–water partition coefficient (Wildman–Crippen LogP) is 4.72. The van der Waals surface area contributed by atoms with Crippen molar-refractivity contribution in [2.24, 2.45) is 0 Å². The Morgan fingerprint density at radius 2 is 1.69 bits per heavy atom. The maximum Gasteiger partial charge on any atom is 0.255 e. The second kappa shape index (κ2) is 9.30. The number of anilines is 1. The molecule has 4 aromatic rings. The van der Waals surface area contributed by atoms with Crippen LogP contribution in [0.5, 0.6) is 17.4 Å². The standard InChI is InChI=1S/C24H23N5O3/c1-4-31-20-9-5-18(6-10-20)24(30)27-19-7-11-21(12-8-19)32-23-14-22(25-15-26-23)29-17(3)13-16(2)28-29/h5-15H,4H2,1-3H3,(H,27,30). The van der Waals surface area contributed by atoms with E-state index >= 15 is 0 Å². The van der Waals surface area contributed by atoms with Crippen LogP contribution in [0.25, 0.3) is 5.82 Å². The van der Waals surface area contributed by atoms with Crippen molar-refractivity contribution in [3.63, 3.8) is 0 Å². The van der Waals surface area contributed by atoms with Crippen molar-refractivity contribution in [2.75, 3.05) is 11.9 Å². The van der Waals surface area contributed by atoms with E-state index in [-0.39, 0.29) is 5.91 Å². The Morgan fingerprint density at radius 3 is 2.34 bits per heavy atom. The van der Waals surface area contributed by atoms with Crippen molar-refractivity contribution >= 4 is 11.6 Å². The van der Waals surface area contributed by atoms with E-state index < -0.39 is 0 Å². The van der Waals surface area contributed by atoms with Crippen LogP contribution >= 0.6 is 0 Å². The first-order chi connectivity index (χ1) is 15.5. The molecule has 1 N–H and O–H groups in total. The van der Waals surface area contributed by atoms with Gasteiger partial charge in [0.2, 0.25) is 5.88 Å². The summed E-state index contributed by atoms with van der Waals surface area (Å²) in [6, 6.07) is 17.8. The highest BCUT2D eigenvalue weighted by atomic mass is 16.5. The van der Waals surface area contributed by atoms with Gasteiger partial charge in [-0.25, -0.2) is 14.6 Å². The number of rotatable bonds is 7. The van der Waals surface area contributed by atoms with Crippen LogP contribution < -0.4 is 14.8 Å². The maximum absolute atomic E-state index is 12.5. The molecular weight excluding hydrogens is 406 g/mol. The number of aromatic nitrogens is 4. The van der Waals surface area contributed by atoms with Gasteiger partial charge in [0.05, 0.1) is 12.3 Å². The highest BCUT2D eigenvalue weighted by Gasteiger charge is 2.09. The Morgan fingerprint density at radius 1 is 0.969 bits per heavy atom. The van der Waals surface area contributed by atoms with Crippen molar-refractivity contribution in [1.82, 2.24) is 19.7 Å². The molecule has 0 aliphatic carbocycles. The number of nitrogens with one attached hydrogen (secondary N) is 1. The van der Waals surface area contributed by atoms with Crippen LogP contribution in [0.1, 0.15) is 28.7 Å². The minimum absolute atomic E-state index is 0.202. The summed E-state index contributed by atoms with van der Waals surface area (Å²) in [4.78, 5) is 20.9. The van der Waals surface area contributed by atoms with Crippen LogP contribution in [-0.2, 0) is 0 Å². The van der Waals surface area contributed by atoms with Crippen LogP contribution in [0.4, 0.5) is 5.69 Å². The molecule has 8 nitrogen and oxygen atoms in total. The number of aryl methyl sites for hydroxylation is 2. The molecule has 0 atom stereocenters. The van der Waals surface area contributed by atoms with E-state index in [1.165, 1.54) is 6.33 Å². The number of ether oxygens (including phenoxy) is 2. The molecule has 0 saturated carbocycles. The number of hydrogen-bond donors (Lipinski definition) is 1. The van der Waals surface area contributed by atoms with Crippen LogP contribution in [0.15, 0.2) is 67.0 Å². The third-order valence-corrected chi connectivity index (χ3v) is 4.62. The van der Waals surface area contributed by atoms with Gasteiger partial charge in [-0.15, -0.1) is 0 Å². The molecule has 2 heterocycles. The van der Waals surface area contributed by atoms with E-state index in [1.54, 1.807) is 59.3 Å². The van der Waals surface area contributed by atoms with E-state index in [2.05, 4.69) is 20.4 Å². The summed E-state index contributed by atoms with van der Waals surface area (Å²) in [5.41, 5.74) is 3.08. The Kier molecular flexibility index (Phi) is 6.12. The molecule has 32 heavy (non-hydrogen) atoms. The van der Waals surface area contributed by atoms with E-state index in [1.807, 2.05) is 26.8 Å². The van der Waals surface area contributed by atoms with Crippen LogP contribution in [-0.4, -0.2) is 32.3 Å². The first-order valence-corrected chi connectivity index (χ1v) is 10.2. The zero-order valence-electron chi connectivity index (χ0n) is 18.1. The second-order valence-corrected chi connectivity index (χ2v) is 7.09. The van der Waals surface area contributed by atoms with Gasteiger partial charge >= 0.3 is 0 Å². The molecular formula is C24H23N5O3. The monoisotopic (exact) mass is 429 g/mol. The number of carbonyl (C=O) groups is 1. The molecule has 2 aromatic heterocycles. The topological polar surface area (TPSA) is 91.2 Å². The molecule has 0 unspecified atom stereocenters. The largest absolute Gasteiger partial charge is 0.494 e. The van der Waals surface area contributed by atoms with E-state index in [4.69, 9.17) is 9.47 Å². The third-order valence-electron chi connectivity index (χ3n) is 4.62. The Balaban J connectivity index is 1.41. The lowest BCUT2D eigenvalue weighted by molar-refractivity contribution is 0.102. The van der Waals surface area contributed by atoms with E-state index in [9.17, 15) is 4.79 Å². The van der Waals surface area contributed by atoms with Crippen LogP contribution in [0.3, 0.4) is 0 Å². The van der Waals surface area contributed by atoms with Crippen LogP contribution in [0, 0.1) is 13.8 Å². The highest BCUT2D eigenvalue weighted by Crippen LogP contribution is 2.23. The lowest BCUT2D eigenvalue weighted by Crippen LogP contribution is -2.11. The zero-order chi connectivity index (χ0) is 22.5. The summed E-state index contributed by atoms with van der Waals surface area (Å²) in [6.45, 7) is 6.39.